The fourth-order valence-electron chi connectivity index (χ4n) is 3.70. The van der Waals surface area contributed by atoms with Crippen LogP contribution >= 0.6 is 0 Å². The van der Waals surface area contributed by atoms with E-state index in [4.69, 9.17) is 9.47 Å². The number of rotatable bonds is 7. The number of ketones is 1. The van der Waals surface area contributed by atoms with E-state index in [1.807, 2.05) is 13.8 Å². The highest BCUT2D eigenvalue weighted by Gasteiger charge is 2.45. The standard InChI is InChI=1S/C24H25NO6/c1-14(2)13-18(26)20-21(17-7-5-6-8-19(17)30-3)25(23(28)22(20)27)16-11-9-15(10-12-16)24(29)31-4/h5-12,14,21,27H,13H2,1-4H3. The molecule has 1 amide bonds. The number of anilines is 1. The minimum absolute atomic E-state index is 0.0419. The molecule has 3 rings (SSSR count). The Morgan fingerprint density at radius 3 is 2.29 bits per heavy atom. The Balaban J connectivity index is 2.15. The molecule has 0 spiro atoms. The fraction of sp³-hybridized carbons (Fsp3) is 0.292. The van der Waals surface area contributed by atoms with Crippen molar-refractivity contribution in [3.63, 3.8) is 0 Å². The number of carbonyl (C=O) groups excluding carboxylic acids is 3. The van der Waals surface area contributed by atoms with Crippen LogP contribution in [0.5, 0.6) is 5.75 Å². The molecular weight excluding hydrogens is 398 g/mol. The number of hydrogen-bond donors (Lipinski definition) is 1. The van der Waals surface area contributed by atoms with Gasteiger partial charge in [0.15, 0.2) is 11.5 Å². The number of hydrogen-bond acceptors (Lipinski definition) is 6. The van der Waals surface area contributed by atoms with E-state index >= 15 is 0 Å². The Labute approximate surface area is 180 Å². The third-order valence-electron chi connectivity index (χ3n) is 5.10. The molecule has 1 unspecified atom stereocenters. The van der Waals surface area contributed by atoms with E-state index in [0.29, 0.717) is 22.6 Å². The van der Waals surface area contributed by atoms with Crippen molar-refractivity contribution in [1.29, 1.82) is 0 Å². The zero-order valence-electron chi connectivity index (χ0n) is 17.9. The highest BCUT2D eigenvalue weighted by molar-refractivity contribution is 6.16. The molecule has 1 aliphatic rings. The lowest BCUT2D eigenvalue weighted by Crippen LogP contribution is -2.31. The van der Waals surface area contributed by atoms with Gasteiger partial charge in [0.25, 0.3) is 5.91 Å². The van der Waals surface area contributed by atoms with Crippen LogP contribution < -0.4 is 9.64 Å². The van der Waals surface area contributed by atoms with Gasteiger partial charge in [-0.25, -0.2) is 4.79 Å². The van der Waals surface area contributed by atoms with Crippen LogP contribution in [-0.2, 0) is 14.3 Å². The lowest BCUT2D eigenvalue weighted by Gasteiger charge is -2.28. The van der Waals surface area contributed by atoms with Crippen molar-refractivity contribution in [2.45, 2.75) is 26.3 Å². The average molecular weight is 423 g/mol. The van der Waals surface area contributed by atoms with Gasteiger partial charge in [0.05, 0.1) is 31.4 Å². The first kappa shape index (κ1) is 22.1. The number of nitrogens with zero attached hydrogens (tertiary/aromatic N) is 1. The molecule has 31 heavy (non-hydrogen) atoms. The zero-order valence-corrected chi connectivity index (χ0v) is 17.9. The second-order valence-electron chi connectivity index (χ2n) is 7.64. The molecule has 2 aromatic rings. The van der Waals surface area contributed by atoms with Gasteiger partial charge < -0.3 is 14.6 Å². The molecule has 0 radical (unpaired) electrons. The van der Waals surface area contributed by atoms with E-state index < -0.39 is 23.7 Å². The molecule has 7 heteroatoms. The Morgan fingerprint density at radius 2 is 1.71 bits per heavy atom. The Bertz CT molecular complexity index is 1040. The van der Waals surface area contributed by atoms with Crippen molar-refractivity contribution in [3.05, 3.63) is 71.0 Å². The van der Waals surface area contributed by atoms with Crippen LogP contribution in [-0.4, -0.2) is 37.0 Å². The van der Waals surface area contributed by atoms with Gasteiger partial charge in [-0.05, 0) is 36.2 Å². The maximum Gasteiger partial charge on any atom is 0.337 e. The highest BCUT2D eigenvalue weighted by Crippen LogP contribution is 2.44. The summed E-state index contributed by atoms with van der Waals surface area (Å²) in [6.45, 7) is 3.79. The van der Waals surface area contributed by atoms with Crippen molar-refractivity contribution < 1.29 is 29.0 Å². The molecule has 0 saturated heterocycles. The first-order chi connectivity index (χ1) is 14.8. The predicted octanol–water partition coefficient (Wildman–Crippen LogP) is 4.00. The molecule has 0 aromatic heterocycles. The minimum atomic E-state index is -0.862. The van der Waals surface area contributed by atoms with E-state index in [-0.39, 0.29) is 23.7 Å². The number of benzene rings is 2. The van der Waals surface area contributed by atoms with Crippen LogP contribution in [0.25, 0.3) is 0 Å². The van der Waals surface area contributed by atoms with Gasteiger partial charge in [-0.1, -0.05) is 32.0 Å². The van der Waals surface area contributed by atoms with Gasteiger partial charge in [0, 0.05) is 17.7 Å². The summed E-state index contributed by atoms with van der Waals surface area (Å²) in [6.07, 6.45) is 0.188. The van der Waals surface area contributed by atoms with Crippen LogP contribution in [0.2, 0.25) is 0 Å². The van der Waals surface area contributed by atoms with Gasteiger partial charge >= 0.3 is 5.97 Å². The summed E-state index contributed by atoms with van der Waals surface area (Å²) in [5.41, 5.74) is 1.36. The number of Topliss-reactive ketones (excluding diaryl/α,β-unsaturated/α-hetero) is 1. The van der Waals surface area contributed by atoms with Crippen LogP contribution in [0.15, 0.2) is 59.9 Å². The summed E-state index contributed by atoms with van der Waals surface area (Å²) in [6, 6.07) is 12.4. The molecule has 0 aliphatic carbocycles. The molecule has 1 N–H and O–H groups in total. The fourth-order valence-corrected chi connectivity index (χ4v) is 3.70. The van der Waals surface area contributed by atoms with Crippen LogP contribution in [0.1, 0.15) is 42.2 Å². The number of carbonyl (C=O) groups is 3. The number of aliphatic hydroxyl groups is 1. The number of ether oxygens (including phenoxy) is 2. The number of methoxy groups -OCH3 is 2. The van der Waals surface area contributed by atoms with Gasteiger partial charge in [0.1, 0.15) is 5.75 Å². The van der Waals surface area contributed by atoms with Crippen molar-refractivity contribution in [3.8, 4) is 5.75 Å². The van der Waals surface area contributed by atoms with E-state index in [0.717, 1.165) is 0 Å². The van der Waals surface area contributed by atoms with Crippen molar-refractivity contribution >= 4 is 23.3 Å². The molecule has 1 aliphatic heterocycles. The molecule has 1 atom stereocenters. The van der Waals surface area contributed by atoms with E-state index in [2.05, 4.69) is 0 Å². The monoisotopic (exact) mass is 423 g/mol. The van der Waals surface area contributed by atoms with Crippen molar-refractivity contribution in [1.82, 2.24) is 0 Å². The molecule has 162 valence electrons. The SMILES string of the molecule is COC(=O)c1ccc(N2C(=O)C(O)=C(C(=O)CC(C)C)C2c2ccccc2OC)cc1. The first-order valence-electron chi connectivity index (χ1n) is 9.91. The minimum Gasteiger partial charge on any atom is -0.503 e. The van der Waals surface area contributed by atoms with Gasteiger partial charge in [0.2, 0.25) is 0 Å². The molecule has 7 nitrogen and oxygen atoms in total. The normalized spacial score (nSPS) is 16.1. The number of amides is 1. The van der Waals surface area contributed by atoms with Gasteiger partial charge in [-0.15, -0.1) is 0 Å². The summed E-state index contributed by atoms with van der Waals surface area (Å²) < 4.78 is 10.2. The lowest BCUT2D eigenvalue weighted by atomic mass is 9.91. The Hall–Kier alpha value is -3.61. The highest BCUT2D eigenvalue weighted by atomic mass is 16.5. The number of esters is 1. The second kappa shape index (κ2) is 9.04. The summed E-state index contributed by atoms with van der Waals surface area (Å²) in [4.78, 5) is 39.3. The molecule has 0 saturated carbocycles. The summed E-state index contributed by atoms with van der Waals surface area (Å²) >= 11 is 0. The predicted molar refractivity (Wildman–Crippen MR) is 115 cm³/mol. The third kappa shape index (κ3) is 4.17. The molecule has 0 bridgehead atoms. The zero-order chi connectivity index (χ0) is 22.7. The average Bonchev–Trinajstić information content (AvgIpc) is 3.03. The number of aliphatic hydroxyl groups excluding tert-OH is 1. The molecule has 0 fully saturated rings. The van der Waals surface area contributed by atoms with E-state index in [9.17, 15) is 19.5 Å². The maximum absolute atomic E-state index is 13.1. The maximum atomic E-state index is 13.1. The topological polar surface area (TPSA) is 93.1 Å². The molecular formula is C24H25NO6. The Kier molecular flexibility index (Phi) is 6.44. The Morgan fingerprint density at radius 1 is 1.06 bits per heavy atom. The van der Waals surface area contributed by atoms with E-state index in [1.54, 1.807) is 36.4 Å². The van der Waals surface area contributed by atoms with Crippen molar-refractivity contribution in [2.75, 3.05) is 19.1 Å². The summed E-state index contributed by atoms with van der Waals surface area (Å²) in [5.74, 6) is -1.53. The summed E-state index contributed by atoms with van der Waals surface area (Å²) in [7, 11) is 2.79. The van der Waals surface area contributed by atoms with Gasteiger partial charge in [-0.2, -0.15) is 0 Å². The number of para-hydroxylation sites is 1. The second-order valence-corrected chi connectivity index (χ2v) is 7.64. The lowest BCUT2D eigenvalue weighted by molar-refractivity contribution is -0.118. The molecule has 2 aromatic carbocycles. The van der Waals surface area contributed by atoms with Crippen LogP contribution in [0.3, 0.4) is 0 Å². The van der Waals surface area contributed by atoms with Crippen molar-refractivity contribution in [2.24, 2.45) is 5.92 Å². The summed E-state index contributed by atoms with van der Waals surface area (Å²) in [5, 5.41) is 10.7. The van der Waals surface area contributed by atoms with E-state index in [1.165, 1.54) is 31.3 Å². The first-order valence-corrected chi connectivity index (χ1v) is 9.91. The quantitative estimate of drug-likeness (QED) is 0.677. The smallest absolute Gasteiger partial charge is 0.337 e. The van der Waals surface area contributed by atoms with Crippen LogP contribution in [0.4, 0.5) is 5.69 Å². The molecule has 1 heterocycles. The largest absolute Gasteiger partial charge is 0.503 e. The van der Waals surface area contributed by atoms with Crippen LogP contribution in [0, 0.1) is 5.92 Å². The van der Waals surface area contributed by atoms with Gasteiger partial charge in [-0.3, -0.25) is 14.5 Å². The third-order valence-corrected chi connectivity index (χ3v) is 5.10.